The molecule has 13 heavy (non-hydrogen) atoms. The summed E-state index contributed by atoms with van der Waals surface area (Å²) in [5.74, 6) is 0.917. The number of halogens is 1. The van der Waals surface area contributed by atoms with Crippen LogP contribution in [0, 0.1) is 6.92 Å². The van der Waals surface area contributed by atoms with Gasteiger partial charge in [-0.25, -0.2) is 4.98 Å². The molecule has 0 amide bonds. The van der Waals surface area contributed by atoms with Crippen molar-refractivity contribution in [1.82, 2.24) is 24.1 Å². The van der Waals surface area contributed by atoms with E-state index in [9.17, 15) is 0 Å². The Hall–Kier alpha value is -1.02. The molecule has 68 valence electrons. The largest absolute Gasteiger partial charge is 0.366 e. The standard InChI is InChI=1S/C5H5BrN6S/c1-2-8-5(13-11-2)12-3(6)9-4(7)10-12/h1H3,(H2,7,10). The molecule has 0 fully saturated rings. The Morgan fingerprint density at radius 1 is 1.46 bits per heavy atom. The number of hydrogen-bond acceptors (Lipinski definition) is 6. The molecule has 2 N–H and O–H groups in total. The maximum atomic E-state index is 5.41. The zero-order valence-corrected chi connectivity index (χ0v) is 9.00. The molecule has 0 spiro atoms. The van der Waals surface area contributed by atoms with Gasteiger partial charge in [0, 0.05) is 11.5 Å². The second-order valence-corrected chi connectivity index (χ2v) is 3.71. The van der Waals surface area contributed by atoms with Crippen molar-refractivity contribution in [2.45, 2.75) is 6.92 Å². The van der Waals surface area contributed by atoms with Crippen LogP contribution in [0.25, 0.3) is 5.13 Å². The van der Waals surface area contributed by atoms with Crippen molar-refractivity contribution in [1.29, 1.82) is 0 Å². The van der Waals surface area contributed by atoms with Gasteiger partial charge in [-0.1, -0.05) is 0 Å². The van der Waals surface area contributed by atoms with Gasteiger partial charge in [0.1, 0.15) is 5.82 Å². The Morgan fingerprint density at radius 2 is 2.23 bits per heavy atom. The molecule has 0 saturated carbocycles. The Balaban J connectivity index is 2.51. The molecule has 0 aromatic carbocycles. The minimum Gasteiger partial charge on any atom is -0.366 e. The van der Waals surface area contributed by atoms with Crippen LogP contribution < -0.4 is 5.73 Å². The van der Waals surface area contributed by atoms with Gasteiger partial charge in [-0.2, -0.15) is 14.0 Å². The monoisotopic (exact) mass is 260 g/mol. The second-order valence-electron chi connectivity index (χ2n) is 2.28. The third kappa shape index (κ3) is 1.54. The Kier molecular flexibility index (Phi) is 2.00. The smallest absolute Gasteiger partial charge is 0.241 e. The third-order valence-corrected chi connectivity index (χ3v) is 2.58. The highest BCUT2D eigenvalue weighted by molar-refractivity contribution is 9.10. The number of rotatable bonds is 1. The first kappa shape index (κ1) is 8.57. The van der Waals surface area contributed by atoms with Crippen LogP contribution in [0.1, 0.15) is 5.82 Å². The van der Waals surface area contributed by atoms with E-state index in [2.05, 4.69) is 35.4 Å². The van der Waals surface area contributed by atoms with Gasteiger partial charge in [-0.05, 0) is 22.9 Å². The molecule has 8 heteroatoms. The molecule has 2 rings (SSSR count). The molecule has 2 heterocycles. The highest BCUT2D eigenvalue weighted by Gasteiger charge is 2.10. The first-order chi connectivity index (χ1) is 6.16. The molecule has 0 aliphatic carbocycles. The van der Waals surface area contributed by atoms with E-state index in [4.69, 9.17) is 5.73 Å². The van der Waals surface area contributed by atoms with Crippen LogP contribution >= 0.6 is 27.5 Å². The van der Waals surface area contributed by atoms with E-state index in [1.807, 2.05) is 6.92 Å². The van der Waals surface area contributed by atoms with Crippen LogP contribution in [0.2, 0.25) is 0 Å². The fourth-order valence-electron chi connectivity index (χ4n) is 0.802. The number of nitrogens with zero attached hydrogens (tertiary/aromatic N) is 5. The van der Waals surface area contributed by atoms with Crippen LogP contribution in [0.5, 0.6) is 0 Å². The molecule has 0 saturated heterocycles. The van der Waals surface area contributed by atoms with Gasteiger partial charge in [0.25, 0.3) is 0 Å². The third-order valence-electron chi connectivity index (χ3n) is 1.28. The summed E-state index contributed by atoms with van der Waals surface area (Å²) in [5, 5.41) is 4.59. The molecule has 2 aromatic heterocycles. The summed E-state index contributed by atoms with van der Waals surface area (Å²) in [6, 6.07) is 0. The van der Waals surface area contributed by atoms with E-state index in [1.165, 1.54) is 16.2 Å². The molecule has 0 atom stereocenters. The Labute approximate surface area is 86.1 Å². The van der Waals surface area contributed by atoms with Gasteiger partial charge in [-0.15, -0.1) is 5.10 Å². The predicted octanol–water partition coefficient (Wildman–Crippen LogP) is 0.772. The number of nitrogen functional groups attached to an aromatic ring is 1. The van der Waals surface area contributed by atoms with Crippen LogP contribution in [-0.4, -0.2) is 24.1 Å². The van der Waals surface area contributed by atoms with Crippen molar-refractivity contribution >= 4 is 33.4 Å². The molecular formula is C5H5BrN6S. The average Bonchev–Trinajstić information content (AvgIpc) is 2.58. The normalized spacial score (nSPS) is 10.6. The zero-order valence-electron chi connectivity index (χ0n) is 6.60. The summed E-state index contributed by atoms with van der Waals surface area (Å²) in [6.07, 6.45) is 0. The lowest BCUT2D eigenvalue weighted by Crippen LogP contribution is -1.97. The number of anilines is 1. The summed E-state index contributed by atoms with van der Waals surface area (Å²) in [6.45, 7) is 1.81. The maximum Gasteiger partial charge on any atom is 0.241 e. The SMILES string of the molecule is Cc1nsc(-n2nc(N)nc2Br)n1. The van der Waals surface area contributed by atoms with E-state index in [0.29, 0.717) is 15.7 Å². The van der Waals surface area contributed by atoms with Crippen LogP contribution in [-0.2, 0) is 0 Å². The van der Waals surface area contributed by atoms with E-state index < -0.39 is 0 Å². The summed E-state index contributed by atoms with van der Waals surface area (Å²) >= 11 is 4.46. The summed E-state index contributed by atoms with van der Waals surface area (Å²) < 4.78 is 6.05. The van der Waals surface area contributed by atoms with Crippen molar-refractivity contribution in [3.8, 4) is 5.13 Å². The quantitative estimate of drug-likeness (QED) is 0.819. The van der Waals surface area contributed by atoms with E-state index >= 15 is 0 Å². The van der Waals surface area contributed by atoms with Gasteiger partial charge in [0.15, 0.2) is 0 Å². The first-order valence-corrected chi connectivity index (χ1v) is 4.92. The maximum absolute atomic E-state index is 5.41. The highest BCUT2D eigenvalue weighted by atomic mass is 79.9. The minimum atomic E-state index is 0.208. The number of aryl methyl sites for hydroxylation is 1. The lowest BCUT2D eigenvalue weighted by Gasteiger charge is -1.91. The first-order valence-electron chi connectivity index (χ1n) is 3.35. The fraction of sp³-hybridized carbons (Fsp3) is 0.200. The van der Waals surface area contributed by atoms with Crippen LogP contribution in [0.15, 0.2) is 4.73 Å². The molecule has 2 aromatic rings. The van der Waals surface area contributed by atoms with E-state index in [0.717, 1.165) is 0 Å². The summed E-state index contributed by atoms with van der Waals surface area (Å²) in [7, 11) is 0. The molecule has 0 aliphatic heterocycles. The number of nitrogens with two attached hydrogens (primary N) is 1. The van der Waals surface area contributed by atoms with E-state index in [-0.39, 0.29) is 5.95 Å². The van der Waals surface area contributed by atoms with Gasteiger partial charge in [-0.3, -0.25) is 0 Å². The topological polar surface area (TPSA) is 82.5 Å². The van der Waals surface area contributed by atoms with Crippen molar-refractivity contribution in [2.24, 2.45) is 0 Å². The van der Waals surface area contributed by atoms with Crippen LogP contribution in [0.3, 0.4) is 0 Å². The Morgan fingerprint density at radius 3 is 2.69 bits per heavy atom. The lowest BCUT2D eigenvalue weighted by atomic mass is 10.7. The summed E-state index contributed by atoms with van der Waals surface area (Å²) in [5.41, 5.74) is 5.41. The molecule has 0 aliphatic rings. The number of hydrogen-bond donors (Lipinski definition) is 1. The fourth-order valence-corrected chi connectivity index (χ4v) is 1.98. The molecule has 0 unspecified atom stereocenters. The van der Waals surface area contributed by atoms with Crippen molar-refractivity contribution in [3.05, 3.63) is 10.6 Å². The molecular weight excluding hydrogens is 256 g/mol. The van der Waals surface area contributed by atoms with E-state index in [1.54, 1.807) is 0 Å². The molecule has 6 nitrogen and oxygen atoms in total. The number of aromatic nitrogens is 5. The molecule has 0 bridgehead atoms. The van der Waals surface area contributed by atoms with Gasteiger partial charge < -0.3 is 5.73 Å². The van der Waals surface area contributed by atoms with Gasteiger partial charge in [0.05, 0.1) is 0 Å². The predicted molar refractivity (Wildman–Crippen MR) is 51.7 cm³/mol. The average molecular weight is 261 g/mol. The van der Waals surface area contributed by atoms with Crippen LogP contribution in [0.4, 0.5) is 5.95 Å². The second kappa shape index (κ2) is 3.04. The highest BCUT2D eigenvalue weighted by Crippen LogP contribution is 2.16. The lowest BCUT2D eigenvalue weighted by molar-refractivity contribution is 0.844. The summed E-state index contributed by atoms with van der Waals surface area (Å²) in [4.78, 5) is 8.02. The van der Waals surface area contributed by atoms with Crippen molar-refractivity contribution < 1.29 is 0 Å². The zero-order chi connectivity index (χ0) is 9.42. The van der Waals surface area contributed by atoms with Gasteiger partial charge in [0.2, 0.25) is 15.8 Å². The van der Waals surface area contributed by atoms with Gasteiger partial charge >= 0.3 is 0 Å². The van der Waals surface area contributed by atoms with Crippen molar-refractivity contribution in [2.75, 3.05) is 5.73 Å². The minimum absolute atomic E-state index is 0.208. The Bertz CT molecular complexity index is 434. The van der Waals surface area contributed by atoms with Crippen molar-refractivity contribution in [3.63, 3.8) is 0 Å². The molecule has 0 radical (unpaired) electrons.